The average Bonchev–Trinajstić information content (AvgIpc) is 2.37. The summed E-state index contributed by atoms with van der Waals surface area (Å²) in [5.74, 6) is 0. The smallest absolute Gasteiger partial charge is 0.409 e. The van der Waals surface area contributed by atoms with Crippen LogP contribution in [0.25, 0.3) is 0 Å². The van der Waals surface area contributed by atoms with Gasteiger partial charge in [-0.25, -0.2) is 4.79 Å². The highest BCUT2D eigenvalue weighted by molar-refractivity contribution is 5.67. The summed E-state index contributed by atoms with van der Waals surface area (Å²) in [6, 6.07) is 9.67. The zero-order valence-electron chi connectivity index (χ0n) is 10.5. The molecule has 0 bridgehead atoms. The van der Waals surface area contributed by atoms with Gasteiger partial charge in [0.2, 0.25) is 0 Å². The zero-order chi connectivity index (χ0) is 12.5. The van der Waals surface area contributed by atoms with Crippen molar-refractivity contribution >= 4 is 6.09 Å². The normalized spacial score (nSPS) is 10.0. The second kappa shape index (κ2) is 7.68. The maximum atomic E-state index is 11.6. The molecule has 4 heteroatoms. The fourth-order valence-electron chi connectivity index (χ4n) is 1.34. The minimum atomic E-state index is -0.285. The molecule has 0 saturated carbocycles. The molecular weight excluding hydrogens is 216 g/mol. The summed E-state index contributed by atoms with van der Waals surface area (Å²) in [7, 11) is 1.74. The largest absolute Gasteiger partial charge is 0.445 e. The molecule has 0 aromatic heterocycles. The molecule has 0 fully saturated rings. The van der Waals surface area contributed by atoms with Crippen LogP contribution in [0.2, 0.25) is 0 Å². The molecule has 1 aromatic carbocycles. The Bertz CT molecular complexity index is 327. The van der Waals surface area contributed by atoms with Gasteiger partial charge in [0.25, 0.3) is 0 Å². The topological polar surface area (TPSA) is 41.6 Å². The third-order valence-electron chi connectivity index (χ3n) is 2.39. The highest BCUT2D eigenvalue weighted by Gasteiger charge is 2.08. The van der Waals surface area contributed by atoms with E-state index < -0.39 is 0 Å². The Balaban J connectivity index is 2.24. The van der Waals surface area contributed by atoms with Crippen LogP contribution in [-0.2, 0) is 11.3 Å². The Labute approximate surface area is 103 Å². The fraction of sp³-hybridized carbons (Fsp3) is 0.462. The zero-order valence-corrected chi connectivity index (χ0v) is 10.5. The van der Waals surface area contributed by atoms with Crippen LogP contribution in [0.3, 0.4) is 0 Å². The van der Waals surface area contributed by atoms with Crippen molar-refractivity contribution in [3.05, 3.63) is 35.9 Å². The number of likely N-dealkylation sites (N-methyl/N-ethyl adjacent to an activating group) is 2. The number of nitrogens with zero attached hydrogens (tertiary/aromatic N) is 1. The first-order chi connectivity index (χ1) is 8.24. The van der Waals surface area contributed by atoms with Crippen LogP contribution in [0.1, 0.15) is 12.5 Å². The molecule has 1 rings (SSSR count). The van der Waals surface area contributed by atoms with E-state index in [0.29, 0.717) is 13.2 Å². The molecule has 1 amide bonds. The third-order valence-corrected chi connectivity index (χ3v) is 2.39. The Hall–Kier alpha value is -1.55. The second-order valence-corrected chi connectivity index (χ2v) is 3.82. The van der Waals surface area contributed by atoms with E-state index in [-0.39, 0.29) is 6.09 Å². The monoisotopic (exact) mass is 236 g/mol. The van der Waals surface area contributed by atoms with Crippen molar-refractivity contribution in [2.45, 2.75) is 13.5 Å². The van der Waals surface area contributed by atoms with Crippen LogP contribution in [-0.4, -0.2) is 37.7 Å². The molecule has 0 aliphatic rings. The van der Waals surface area contributed by atoms with E-state index in [4.69, 9.17) is 4.74 Å². The van der Waals surface area contributed by atoms with Crippen molar-refractivity contribution in [2.75, 3.05) is 26.7 Å². The maximum absolute atomic E-state index is 11.6. The molecule has 1 aromatic rings. The number of benzene rings is 1. The molecule has 1 N–H and O–H groups in total. The predicted molar refractivity (Wildman–Crippen MR) is 67.8 cm³/mol. The third kappa shape index (κ3) is 5.36. The van der Waals surface area contributed by atoms with Gasteiger partial charge in [0.05, 0.1) is 0 Å². The molecule has 0 aliphatic carbocycles. The Morgan fingerprint density at radius 2 is 2.06 bits per heavy atom. The van der Waals surface area contributed by atoms with Crippen LogP contribution in [0.5, 0.6) is 0 Å². The summed E-state index contributed by atoms with van der Waals surface area (Å²) < 4.78 is 5.18. The average molecular weight is 236 g/mol. The fourth-order valence-corrected chi connectivity index (χ4v) is 1.34. The molecule has 4 nitrogen and oxygen atoms in total. The van der Waals surface area contributed by atoms with Crippen molar-refractivity contribution < 1.29 is 9.53 Å². The molecule has 0 spiro atoms. The summed E-state index contributed by atoms with van der Waals surface area (Å²) in [6.07, 6.45) is -0.285. The lowest BCUT2D eigenvalue weighted by atomic mass is 10.2. The van der Waals surface area contributed by atoms with E-state index >= 15 is 0 Å². The van der Waals surface area contributed by atoms with Crippen LogP contribution in [0.4, 0.5) is 4.79 Å². The van der Waals surface area contributed by atoms with E-state index in [1.165, 1.54) is 0 Å². The summed E-state index contributed by atoms with van der Waals surface area (Å²) in [4.78, 5) is 13.2. The maximum Gasteiger partial charge on any atom is 0.409 e. The number of hydrogen-bond acceptors (Lipinski definition) is 3. The second-order valence-electron chi connectivity index (χ2n) is 3.82. The first-order valence-electron chi connectivity index (χ1n) is 5.86. The molecule has 0 unspecified atom stereocenters. The molecule has 17 heavy (non-hydrogen) atoms. The van der Waals surface area contributed by atoms with Gasteiger partial charge in [-0.1, -0.05) is 37.3 Å². The first-order valence-corrected chi connectivity index (χ1v) is 5.86. The van der Waals surface area contributed by atoms with Crippen molar-refractivity contribution in [1.29, 1.82) is 0 Å². The summed E-state index contributed by atoms with van der Waals surface area (Å²) in [6.45, 7) is 4.71. The number of nitrogens with one attached hydrogen (secondary N) is 1. The summed E-state index contributed by atoms with van der Waals surface area (Å²) in [5.41, 5.74) is 1.00. The number of carbonyl (C=O) groups excluding carboxylic acids is 1. The van der Waals surface area contributed by atoms with E-state index in [1.807, 2.05) is 37.3 Å². The van der Waals surface area contributed by atoms with E-state index in [1.54, 1.807) is 11.9 Å². The van der Waals surface area contributed by atoms with Gasteiger partial charge in [-0.15, -0.1) is 0 Å². The van der Waals surface area contributed by atoms with Gasteiger partial charge in [-0.2, -0.15) is 0 Å². The van der Waals surface area contributed by atoms with Gasteiger partial charge in [-0.05, 0) is 12.1 Å². The highest BCUT2D eigenvalue weighted by Crippen LogP contribution is 2.02. The van der Waals surface area contributed by atoms with Crippen LogP contribution < -0.4 is 5.32 Å². The minimum Gasteiger partial charge on any atom is -0.445 e. The van der Waals surface area contributed by atoms with Gasteiger partial charge in [0, 0.05) is 20.1 Å². The highest BCUT2D eigenvalue weighted by atomic mass is 16.6. The van der Waals surface area contributed by atoms with Crippen LogP contribution >= 0.6 is 0 Å². The molecule has 0 heterocycles. The van der Waals surface area contributed by atoms with Crippen molar-refractivity contribution in [3.63, 3.8) is 0 Å². The Morgan fingerprint density at radius 3 is 2.71 bits per heavy atom. The lowest BCUT2D eigenvalue weighted by Gasteiger charge is -2.16. The van der Waals surface area contributed by atoms with E-state index in [2.05, 4.69) is 5.32 Å². The summed E-state index contributed by atoms with van der Waals surface area (Å²) >= 11 is 0. The number of hydrogen-bond donors (Lipinski definition) is 1. The minimum absolute atomic E-state index is 0.285. The van der Waals surface area contributed by atoms with Gasteiger partial charge in [0.1, 0.15) is 6.61 Å². The van der Waals surface area contributed by atoms with Gasteiger partial charge < -0.3 is 15.0 Å². The lowest BCUT2D eigenvalue weighted by Crippen LogP contribution is -2.34. The molecule has 0 atom stereocenters. The molecule has 0 saturated heterocycles. The Morgan fingerprint density at radius 1 is 1.35 bits per heavy atom. The molecule has 94 valence electrons. The SMILES string of the molecule is CCNCCN(C)C(=O)OCc1ccccc1. The standard InChI is InChI=1S/C13H20N2O2/c1-3-14-9-10-15(2)13(16)17-11-12-7-5-4-6-8-12/h4-8,14H,3,9-11H2,1-2H3. The van der Waals surface area contributed by atoms with E-state index in [9.17, 15) is 4.79 Å². The summed E-state index contributed by atoms with van der Waals surface area (Å²) in [5, 5.41) is 3.16. The lowest BCUT2D eigenvalue weighted by molar-refractivity contribution is 0.105. The van der Waals surface area contributed by atoms with Crippen molar-refractivity contribution in [3.8, 4) is 0 Å². The van der Waals surface area contributed by atoms with Gasteiger partial charge in [-0.3, -0.25) is 0 Å². The van der Waals surface area contributed by atoms with Gasteiger partial charge >= 0.3 is 6.09 Å². The molecule has 0 aliphatic heterocycles. The van der Waals surface area contributed by atoms with Crippen molar-refractivity contribution in [1.82, 2.24) is 10.2 Å². The number of carbonyl (C=O) groups is 1. The number of ether oxygens (including phenoxy) is 1. The molecule has 0 radical (unpaired) electrons. The van der Waals surface area contributed by atoms with Gasteiger partial charge in [0.15, 0.2) is 0 Å². The Kier molecular flexibility index (Phi) is 6.10. The predicted octanol–water partition coefficient (Wildman–Crippen LogP) is 1.86. The molecular formula is C13H20N2O2. The van der Waals surface area contributed by atoms with Crippen LogP contribution in [0.15, 0.2) is 30.3 Å². The van der Waals surface area contributed by atoms with Crippen molar-refractivity contribution in [2.24, 2.45) is 0 Å². The van der Waals surface area contributed by atoms with E-state index in [0.717, 1.165) is 18.7 Å². The quantitative estimate of drug-likeness (QED) is 0.767. The number of rotatable bonds is 6. The van der Waals surface area contributed by atoms with Crippen LogP contribution in [0, 0.1) is 0 Å². The number of amides is 1. The first kappa shape index (κ1) is 13.5.